The smallest absolute Gasteiger partial charge is 0.250 e. The molecule has 0 atom stereocenters. The van der Waals surface area contributed by atoms with E-state index in [-0.39, 0.29) is 0 Å². The van der Waals surface area contributed by atoms with E-state index in [1.165, 1.54) is 5.56 Å². The Morgan fingerprint density at radius 1 is 1.32 bits per heavy atom. The van der Waals surface area contributed by atoms with Crippen LogP contribution in [0.15, 0.2) is 43.0 Å². The number of amides is 1. The van der Waals surface area contributed by atoms with Gasteiger partial charge in [0.15, 0.2) is 0 Å². The molecular weight excluding hydrogens is 236 g/mol. The minimum atomic E-state index is -0.395. The number of carbonyl (C=O) groups is 1. The average molecular weight is 254 g/mol. The van der Waals surface area contributed by atoms with Gasteiger partial charge >= 0.3 is 0 Å². The number of benzene rings is 1. The number of hydrogen-bond acceptors (Lipinski definition) is 1. The van der Waals surface area contributed by atoms with Crippen LogP contribution in [-0.2, 0) is 6.54 Å². The molecule has 0 aliphatic rings. The normalized spacial score (nSPS) is 10.4. The van der Waals surface area contributed by atoms with Crippen molar-refractivity contribution in [2.75, 3.05) is 0 Å². The van der Waals surface area contributed by atoms with Gasteiger partial charge < -0.3 is 10.3 Å². The van der Waals surface area contributed by atoms with Gasteiger partial charge in [0.25, 0.3) is 5.91 Å². The third-order valence-electron chi connectivity index (χ3n) is 3.29. The fourth-order valence-corrected chi connectivity index (χ4v) is 2.22. The second-order valence-corrected chi connectivity index (χ2v) is 4.66. The van der Waals surface area contributed by atoms with Gasteiger partial charge in [-0.25, -0.2) is 0 Å². The lowest BCUT2D eigenvalue weighted by Crippen LogP contribution is -2.12. The van der Waals surface area contributed by atoms with Crippen molar-refractivity contribution in [3.8, 4) is 11.3 Å². The monoisotopic (exact) mass is 254 g/mol. The number of rotatable bonds is 4. The highest BCUT2D eigenvalue weighted by molar-refractivity contribution is 5.95. The summed E-state index contributed by atoms with van der Waals surface area (Å²) in [5.41, 5.74) is 10.1. The van der Waals surface area contributed by atoms with Crippen molar-refractivity contribution >= 4 is 5.91 Å². The topological polar surface area (TPSA) is 48.0 Å². The molecule has 0 aliphatic carbocycles. The van der Waals surface area contributed by atoms with Crippen LogP contribution in [0.1, 0.15) is 21.6 Å². The third-order valence-corrected chi connectivity index (χ3v) is 3.29. The lowest BCUT2D eigenvalue weighted by atomic mass is 10.1. The van der Waals surface area contributed by atoms with Crippen LogP contribution in [-0.4, -0.2) is 10.5 Å². The molecule has 3 nitrogen and oxygen atoms in total. The first-order chi connectivity index (χ1) is 9.04. The molecule has 0 bridgehead atoms. The zero-order valence-electron chi connectivity index (χ0n) is 11.3. The molecule has 0 saturated carbocycles. The third kappa shape index (κ3) is 2.45. The van der Waals surface area contributed by atoms with Crippen molar-refractivity contribution in [3.05, 3.63) is 59.8 Å². The summed E-state index contributed by atoms with van der Waals surface area (Å²) in [7, 11) is 0. The molecule has 2 N–H and O–H groups in total. The highest BCUT2D eigenvalue weighted by atomic mass is 16.1. The van der Waals surface area contributed by atoms with E-state index in [2.05, 4.69) is 35.4 Å². The summed E-state index contributed by atoms with van der Waals surface area (Å²) in [5, 5.41) is 0. The van der Waals surface area contributed by atoms with Gasteiger partial charge in [-0.15, -0.1) is 6.58 Å². The number of carbonyl (C=O) groups excluding carboxylic acids is 1. The second kappa shape index (κ2) is 5.14. The van der Waals surface area contributed by atoms with E-state index in [4.69, 9.17) is 5.73 Å². The molecule has 0 unspecified atom stereocenters. The molecule has 2 rings (SSSR count). The van der Waals surface area contributed by atoms with Gasteiger partial charge in [0.2, 0.25) is 0 Å². The Bertz CT molecular complexity index is 621. The molecule has 1 aromatic carbocycles. The first-order valence-corrected chi connectivity index (χ1v) is 6.22. The van der Waals surface area contributed by atoms with E-state index >= 15 is 0 Å². The minimum absolute atomic E-state index is 0.395. The molecule has 0 radical (unpaired) electrons. The second-order valence-electron chi connectivity index (χ2n) is 4.66. The Balaban J connectivity index is 2.61. The summed E-state index contributed by atoms with van der Waals surface area (Å²) in [5.74, 6) is -0.395. The number of allylic oxidation sites excluding steroid dienone is 1. The largest absolute Gasteiger partial charge is 0.366 e. The predicted octanol–water partition coefficient (Wildman–Crippen LogP) is 3.06. The molecule has 0 saturated heterocycles. The number of primary amides is 1. The molecule has 98 valence electrons. The van der Waals surface area contributed by atoms with Crippen molar-refractivity contribution in [1.29, 1.82) is 0 Å². The van der Waals surface area contributed by atoms with Crippen LogP contribution >= 0.6 is 0 Å². The quantitative estimate of drug-likeness (QED) is 0.837. The van der Waals surface area contributed by atoms with E-state index < -0.39 is 5.91 Å². The lowest BCUT2D eigenvalue weighted by Gasteiger charge is -2.09. The first-order valence-electron chi connectivity index (χ1n) is 6.22. The maximum Gasteiger partial charge on any atom is 0.250 e. The van der Waals surface area contributed by atoms with Gasteiger partial charge in [0, 0.05) is 17.9 Å². The molecule has 2 aromatic rings. The van der Waals surface area contributed by atoms with Gasteiger partial charge in [0.1, 0.15) is 0 Å². The molecule has 0 spiro atoms. The number of hydrogen-bond donors (Lipinski definition) is 1. The van der Waals surface area contributed by atoms with Crippen molar-refractivity contribution < 1.29 is 4.79 Å². The van der Waals surface area contributed by atoms with E-state index in [9.17, 15) is 4.79 Å². The fourth-order valence-electron chi connectivity index (χ4n) is 2.22. The van der Waals surface area contributed by atoms with Crippen LogP contribution in [0.2, 0.25) is 0 Å². The van der Waals surface area contributed by atoms with Crippen LogP contribution < -0.4 is 5.73 Å². The molecule has 1 amide bonds. The van der Waals surface area contributed by atoms with Crippen molar-refractivity contribution in [2.24, 2.45) is 5.73 Å². The molecule has 1 heterocycles. The number of aryl methyl sites for hydroxylation is 1. The standard InChI is InChI=1S/C16H18N2O/c1-4-9-18-12(3)14(16(17)19)10-15(18)13-7-5-11(2)6-8-13/h4-8,10H,1,9H2,2-3H3,(H2,17,19). The lowest BCUT2D eigenvalue weighted by molar-refractivity contribution is 0.0999. The molecule has 3 heteroatoms. The Morgan fingerprint density at radius 3 is 2.47 bits per heavy atom. The van der Waals surface area contributed by atoms with Gasteiger partial charge in [-0.2, -0.15) is 0 Å². The zero-order chi connectivity index (χ0) is 14.0. The molecule has 0 fully saturated rings. The van der Waals surface area contributed by atoms with Gasteiger partial charge in [0.05, 0.1) is 5.56 Å². The van der Waals surface area contributed by atoms with Crippen LogP contribution in [0.3, 0.4) is 0 Å². The molecular formula is C16H18N2O. The summed E-state index contributed by atoms with van der Waals surface area (Å²) in [6.07, 6.45) is 1.81. The predicted molar refractivity (Wildman–Crippen MR) is 78.1 cm³/mol. The Labute approximate surface area is 113 Å². The van der Waals surface area contributed by atoms with Gasteiger partial charge in [-0.3, -0.25) is 4.79 Å². The molecule has 19 heavy (non-hydrogen) atoms. The number of nitrogens with zero attached hydrogens (tertiary/aromatic N) is 1. The summed E-state index contributed by atoms with van der Waals surface area (Å²) in [6.45, 7) is 8.37. The maximum atomic E-state index is 11.5. The zero-order valence-corrected chi connectivity index (χ0v) is 11.3. The maximum absolute atomic E-state index is 11.5. The Kier molecular flexibility index (Phi) is 3.56. The molecule has 1 aromatic heterocycles. The highest BCUT2D eigenvalue weighted by Gasteiger charge is 2.15. The van der Waals surface area contributed by atoms with E-state index in [0.717, 1.165) is 17.0 Å². The van der Waals surface area contributed by atoms with Crippen LogP contribution in [0.4, 0.5) is 0 Å². The minimum Gasteiger partial charge on any atom is -0.366 e. The fraction of sp³-hybridized carbons (Fsp3) is 0.188. The highest BCUT2D eigenvalue weighted by Crippen LogP contribution is 2.26. The number of aromatic nitrogens is 1. The SMILES string of the molecule is C=CCn1c(-c2ccc(C)cc2)cc(C(N)=O)c1C. The Hall–Kier alpha value is -2.29. The summed E-state index contributed by atoms with van der Waals surface area (Å²) in [6, 6.07) is 10.1. The Morgan fingerprint density at radius 2 is 1.95 bits per heavy atom. The average Bonchev–Trinajstić information content (AvgIpc) is 2.69. The summed E-state index contributed by atoms with van der Waals surface area (Å²) < 4.78 is 2.05. The van der Waals surface area contributed by atoms with Crippen molar-refractivity contribution in [1.82, 2.24) is 4.57 Å². The summed E-state index contributed by atoms with van der Waals surface area (Å²) >= 11 is 0. The molecule has 0 aliphatic heterocycles. The van der Waals surface area contributed by atoms with Crippen molar-refractivity contribution in [2.45, 2.75) is 20.4 Å². The number of nitrogens with two attached hydrogens (primary N) is 1. The van der Waals surface area contributed by atoms with Crippen LogP contribution in [0.25, 0.3) is 11.3 Å². The van der Waals surface area contributed by atoms with Gasteiger partial charge in [-0.1, -0.05) is 35.9 Å². The van der Waals surface area contributed by atoms with Crippen LogP contribution in [0, 0.1) is 13.8 Å². The van der Waals surface area contributed by atoms with Crippen LogP contribution in [0.5, 0.6) is 0 Å². The first kappa shape index (κ1) is 13.1. The van der Waals surface area contributed by atoms with Crippen molar-refractivity contribution in [3.63, 3.8) is 0 Å². The summed E-state index contributed by atoms with van der Waals surface area (Å²) in [4.78, 5) is 11.5. The van der Waals surface area contributed by atoms with Gasteiger partial charge in [-0.05, 0) is 25.5 Å². The van der Waals surface area contributed by atoms with E-state index in [0.29, 0.717) is 12.1 Å². The van der Waals surface area contributed by atoms with E-state index in [1.54, 1.807) is 0 Å². The van der Waals surface area contributed by atoms with E-state index in [1.807, 2.05) is 26.0 Å².